The van der Waals surface area contributed by atoms with Gasteiger partial charge in [0.2, 0.25) is 0 Å². The molecule has 1 saturated carbocycles. The summed E-state index contributed by atoms with van der Waals surface area (Å²) >= 11 is 0. The van der Waals surface area contributed by atoms with E-state index in [1.807, 2.05) is 41.9 Å². The van der Waals surface area contributed by atoms with Crippen molar-refractivity contribution in [3.8, 4) is 22.4 Å². The Morgan fingerprint density at radius 2 is 1.66 bits per heavy atom. The molecule has 35 heavy (non-hydrogen) atoms. The highest BCUT2D eigenvalue weighted by Gasteiger charge is 2.57. The van der Waals surface area contributed by atoms with Crippen LogP contribution in [0.1, 0.15) is 24.1 Å². The molecular weight excluding hydrogens is 438 g/mol. The van der Waals surface area contributed by atoms with E-state index in [2.05, 4.69) is 52.5 Å². The van der Waals surface area contributed by atoms with Crippen molar-refractivity contribution in [3.05, 3.63) is 84.2 Å². The van der Waals surface area contributed by atoms with E-state index in [4.69, 9.17) is 20.2 Å². The third-order valence-corrected chi connectivity index (χ3v) is 7.18. The van der Waals surface area contributed by atoms with Crippen LogP contribution >= 0.6 is 0 Å². The number of aryl methyl sites for hydroxylation is 1. The summed E-state index contributed by atoms with van der Waals surface area (Å²) in [6.07, 6.45) is 3.22. The standard InChI is InChI=1S/C28H25N5O2/c1-18-13-24-30-15-21-14-23(19-5-3-2-4-6-19)25(31-26(21)33(24)32-18)20-7-9-22(10-8-20)27(29)16-28(17-27)34-11-12-35-28/h2-10,13-15H,11-12,16-17,29H2,1H3. The van der Waals surface area contributed by atoms with Gasteiger partial charge in [0.1, 0.15) is 0 Å². The van der Waals surface area contributed by atoms with E-state index in [0.717, 1.165) is 50.3 Å². The first kappa shape index (κ1) is 20.7. The third kappa shape index (κ3) is 3.27. The number of nitrogens with two attached hydrogens (primary N) is 1. The number of fused-ring (bicyclic) bond motifs is 3. The number of benzene rings is 2. The summed E-state index contributed by atoms with van der Waals surface area (Å²) in [4.78, 5) is 9.71. The van der Waals surface area contributed by atoms with Crippen molar-refractivity contribution >= 4 is 16.7 Å². The minimum absolute atomic E-state index is 0.438. The zero-order valence-electron chi connectivity index (χ0n) is 19.4. The molecule has 7 heteroatoms. The van der Waals surface area contributed by atoms with Crippen molar-refractivity contribution in [1.82, 2.24) is 19.6 Å². The maximum Gasteiger partial charge on any atom is 0.172 e. The second-order valence-corrected chi connectivity index (χ2v) is 9.67. The van der Waals surface area contributed by atoms with Crippen LogP contribution in [0.15, 0.2) is 72.9 Å². The molecule has 0 unspecified atom stereocenters. The molecule has 2 fully saturated rings. The van der Waals surface area contributed by atoms with Gasteiger partial charge in [-0.15, -0.1) is 0 Å². The summed E-state index contributed by atoms with van der Waals surface area (Å²) in [5.41, 5.74) is 13.9. The molecule has 3 aromatic heterocycles. The fourth-order valence-corrected chi connectivity index (χ4v) is 5.49. The molecule has 7 nitrogen and oxygen atoms in total. The van der Waals surface area contributed by atoms with Crippen molar-refractivity contribution < 1.29 is 9.47 Å². The van der Waals surface area contributed by atoms with Gasteiger partial charge in [-0.3, -0.25) is 0 Å². The lowest BCUT2D eigenvalue weighted by molar-refractivity contribution is -0.239. The number of ether oxygens (including phenoxy) is 2. The summed E-state index contributed by atoms with van der Waals surface area (Å²) in [6, 6.07) is 22.9. The first-order valence-corrected chi connectivity index (χ1v) is 11.9. The normalized spacial score (nSPS) is 18.3. The maximum absolute atomic E-state index is 6.73. The highest BCUT2D eigenvalue weighted by Crippen LogP contribution is 2.51. The highest BCUT2D eigenvalue weighted by molar-refractivity contribution is 5.90. The molecule has 5 aromatic rings. The Hall–Kier alpha value is -3.65. The quantitative estimate of drug-likeness (QED) is 0.420. The molecule has 0 radical (unpaired) electrons. The minimum Gasteiger partial charge on any atom is -0.347 e. The second kappa shape index (κ2) is 7.42. The van der Waals surface area contributed by atoms with Gasteiger partial charge < -0.3 is 15.2 Å². The molecule has 4 heterocycles. The summed E-state index contributed by atoms with van der Waals surface area (Å²) in [5, 5.41) is 5.57. The van der Waals surface area contributed by atoms with E-state index < -0.39 is 11.3 Å². The molecule has 174 valence electrons. The fourth-order valence-electron chi connectivity index (χ4n) is 5.49. The SMILES string of the molecule is Cc1cc2ncc3cc(-c4ccccc4)c(-c4ccc(C5(N)CC6(C5)OCCO6)cc4)nc3n2n1. The van der Waals surface area contributed by atoms with E-state index in [1.54, 1.807) is 0 Å². The van der Waals surface area contributed by atoms with E-state index in [-0.39, 0.29) is 0 Å². The Morgan fingerprint density at radius 1 is 0.914 bits per heavy atom. The number of rotatable bonds is 3. The van der Waals surface area contributed by atoms with Crippen LogP contribution in [0.25, 0.3) is 39.1 Å². The van der Waals surface area contributed by atoms with Gasteiger partial charge in [0.25, 0.3) is 0 Å². The Morgan fingerprint density at radius 3 is 2.40 bits per heavy atom. The lowest BCUT2D eigenvalue weighted by Crippen LogP contribution is -2.60. The second-order valence-electron chi connectivity index (χ2n) is 9.67. The first-order chi connectivity index (χ1) is 17.0. The summed E-state index contributed by atoms with van der Waals surface area (Å²) in [5.74, 6) is -0.491. The zero-order chi connectivity index (χ0) is 23.6. The van der Waals surface area contributed by atoms with Crippen molar-refractivity contribution in [2.24, 2.45) is 5.73 Å². The Kier molecular flexibility index (Phi) is 4.39. The van der Waals surface area contributed by atoms with E-state index in [9.17, 15) is 0 Å². The Bertz CT molecular complexity index is 1560. The number of nitrogens with zero attached hydrogens (tertiary/aromatic N) is 4. The van der Waals surface area contributed by atoms with Crippen LogP contribution in [0.5, 0.6) is 0 Å². The van der Waals surface area contributed by atoms with E-state index in [0.29, 0.717) is 26.1 Å². The predicted octanol–water partition coefficient (Wildman–Crippen LogP) is 4.61. The molecule has 0 bridgehead atoms. The van der Waals surface area contributed by atoms with E-state index in [1.165, 1.54) is 0 Å². The number of hydrogen-bond acceptors (Lipinski definition) is 6. The van der Waals surface area contributed by atoms with Gasteiger partial charge in [0, 0.05) is 41.6 Å². The van der Waals surface area contributed by atoms with Crippen LogP contribution < -0.4 is 5.73 Å². The van der Waals surface area contributed by atoms with Gasteiger partial charge in [-0.25, -0.2) is 9.97 Å². The van der Waals surface area contributed by atoms with Crippen LogP contribution in [0.2, 0.25) is 0 Å². The zero-order valence-corrected chi connectivity index (χ0v) is 19.4. The average molecular weight is 464 g/mol. The summed E-state index contributed by atoms with van der Waals surface area (Å²) < 4.78 is 13.4. The molecular formula is C28H25N5O2. The average Bonchev–Trinajstić information content (AvgIpc) is 3.50. The molecule has 1 spiro atoms. The van der Waals surface area contributed by atoms with E-state index >= 15 is 0 Å². The smallest absolute Gasteiger partial charge is 0.172 e. The number of aromatic nitrogens is 4. The molecule has 2 aliphatic rings. The van der Waals surface area contributed by atoms with Gasteiger partial charge in [-0.1, -0.05) is 54.6 Å². The van der Waals surface area contributed by atoms with Gasteiger partial charge >= 0.3 is 0 Å². The molecule has 2 aromatic carbocycles. The molecule has 7 rings (SSSR count). The Labute approximate surface area is 202 Å². The molecule has 1 saturated heterocycles. The highest BCUT2D eigenvalue weighted by atomic mass is 16.7. The lowest BCUT2D eigenvalue weighted by atomic mass is 9.68. The van der Waals surface area contributed by atoms with Gasteiger partial charge in [0.05, 0.1) is 30.1 Å². The van der Waals surface area contributed by atoms with Crippen LogP contribution in [-0.4, -0.2) is 38.6 Å². The van der Waals surface area contributed by atoms with Gasteiger partial charge in [-0.05, 0) is 24.1 Å². The number of hydrogen-bond donors (Lipinski definition) is 1. The number of pyridine rings is 1. The van der Waals surface area contributed by atoms with Crippen LogP contribution in [0.4, 0.5) is 0 Å². The van der Waals surface area contributed by atoms with Crippen LogP contribution in [-0.2, 0) is 15.0 Å². The third-order valence-electron chi connectivity index (χ3n) is 7.18. The predicted molar refractivity (Wildman–Crippen MR) is 134 cm³/mol. The van der Waals surface area contributed by atoms with Crippen LogP contribution in [0.3, 0.4) is 0 Å². The fraction of sp³-hybridized carbons (Fsp3) is 0.250. The molecule has 0 atom stereocenters. The summed E-state index contributed by atoms with van der Waals surface area (Å²) in [6.45, 7) is 3.25. The van der Waals surface area contributed by atoms with Crippen molar-refractivity contribution in [2.45, 2.75) is 31.1 Å². The van der Waals surface area contributed by atoms with Crippen molar-refractivity contribution in [1.29, 1.82) is 0 Å². The van der Waals surface area contributed by atoms with Gasteiger partial charge in [-0.2, -0.15) is 9.61 Å². The Balaban J connectivity index is 1.35. The van der Waals surface area contributed by atoms with Crippen LogP contribution in [0, 0.1) is 6.92 Å². The topological polar surface area (TPSA) is 87.6 Å². The molecule has 2 N–H and O–H groups in total. The largest absolute Gasteiger partial charge is 0.347 e. The van der Waals surface area contributed by atoms with Crippen molar-refractivity contribution in [2.75, 3.05) is 13.2 Å². The summed E-state index contributed by atoms with van der Waals surface area (Å²) in [7, 11) is 0. The first-order valence-electron chi connectivity index (χ1n) is 11.9. The monoisotopic (exact) mass is 463 g/mol. The van der Waals surface area contributed by atoms with Crippen molar-refractivity contribution in [3.63, 3.8) is 0 Å². The maximum atomic E-state index is 6.73. The minimum atomic E-state index is -0.491. The van der Waals surface area contributed by atoms with Gasteiger partial charge in [0.15, 0.2) is 17.1 Å². The lowest BCUT2D eigenvalue weighted by Gasteiger charge is -2.50. The molecule has 1 aliphatic carbocycles. The molecule has 0 amide bonds. The molecule has 1 aliphatic heterocycles.